The summed E-state index contributed by atoms with van der Waals surface area (Å²) in [5.41, 5.74) is 1.08. The van der Waals surface area contributed by atoms with Crippen molar-refractivity contribution in [1.82, 2.24) is 9.88 Å². The molecule has 0 aromatic carbocycles. The van der Waals surface area contributed by atoms with Crippen LogP contribution in [0.4, 0.5) is 5.69 Å². The lowest BCUT2D eigenvalue weighted by molar-refractivity contribution is 0.271. The molecule has 1 aliphatic rings. The zero-order valence-corrected chi connectivity index (χ0v) is 14.1. The lowest BCUT2D eigenvalue weighted by Crippen LogP contribution is -2.46. The first-order chi connectivity index (χ1) is 10.2. The van der Waals surface area contributed by atoms with Gasteiger partial charge in [-0.1, -0.05) is 20.8 Å². The van der Waals surface area contributed by atoms with E-state index in [1.165, 1.54) is 0 Å². The Bertz CT molecular complexity index is 410. The zero-order chi connectivity index (χ0) is 16.1. The van der Waals surface area contributed by atoms with Crippen LogP contribution in [0.1, 0.15) is 27.7 Å². The lowest BCUT2D eigenvalue weighted by atomic mass is 10.3. The average molecular weight is 294 g/mol. The number of aromatic amines is 1. The Morgan fingerprint density at radius 3 is 2.19 bits per heavy atom. The molecule has 0 atom stereocenters. The Morgan fingerprint density at radius 2 is 1.81 bits per heavy atom. The molecule has 1 fully saturated rings. The maximum atomic E-state index is 10.9. The van der Waals surface area contributed by atoms with Gasteiger partial charge in [0.05, 0.1) is 5.69 Å². The van der Waals surface area contributed by atoms with Crippen molar-refractivity contribution in [2.75, 3.05) is 44.7 Å². The molecule has 1 aromatic heterocycles. The molecule has 21 heavy (non-hydrogen) atoms. The van der Waals surface area contributed by atoms with Crippen LogP contribution in [-0.4, -0.2) is 55.9 Å². The summed E-state index contributed by atoms with van der Waals surface area (Å²) in [5.74, 6) is 0. The quantitative estimate of drug-likeness (QED) is 0.851. The molecule has 2 heterocycles. The van der Waals surface area contributed by atoms with Crippen LogP contribution >= 0.6 is 0 Å². The number of aromatic nitrogens is 1. The highest BCUT2D eigenvalue weighted by Crippen LogP contribution is 2.12. The van der Waals surface area contributed by atoms with E-state index in [9.17, 15) is 4.79 Å². The fourth-order valence-corrected chi connectivity index (χ4v) is 1.92. The number of piperazine rings is 1. The molecule has 1 aromatic rings. The predicted octanol–water partition coefficient (Wildman–Crippen LogP) is 2.25. The van der Waals surface area contributed by atoms with Gasteiger partial charge in [-0.3, -0.25) is 4.79 Å². The van der Waals surface area contributed by atoms with Gasteiger partial charge in [-0.2, -0.15) is 0 Å². The summed E-state index contributed by atoms with van der Waals surface area (Å²) >= 11 is 0. The van der Waals surface area contributed by atoms with E-state index in [1.807, 2.05) is 26.8 Å². The van der Waals surface area contributed by atoms with E-state index in [0.717, 1.165) is 38.4 Å². The van der Waals surface area contributed by atoms with Crippen LogP contribution in [0.15, 0.2) is 28.1 Å². The first-order valence-corrected chi connectivity index (χ1v) is 7.74. The molecule has 5 heteroatoms. The Morgan fingerprint density at radius 1 is 1.24 bits per heavy atom. The highest BCUT2D eigenvalue weighted by atomic mass is 16.1. The molecule has 0 aliphatic carbocycles. The molecule has 0 bridgehead atoms. The van der Waals surface area contributed by atoms with Gasteiger partial charge in [0.1, 0.15) is 0 Å². The summed E-state index contributed by atoms with van der Waals surface area (Å²) in [4.78, 5) is 22.0. The first kappa shape index (κ1) is 19.4. The van der Waals surface area contributed by atoms with Gasteiger partial charge in [0, 0.05) is 45.5 Å². The lowest BCUT2D eigenvalue weighted by Gasteiger charge is -2.35. The number of pyridine rings is 1. The summed E-state index contributed by atoms with van der Waals surface area (Å²) in [6.45, 7) is 13.5. The number of nitrogens with one attached hydrogen (secondary N) is 1. The van der Waals surface area contributed by atoms with Crippen molar-refractivity contribution >= 4 is 11.9 Å². The number of rotatable bonds is 2. The van der Waals surface area contributed by atoms with Crippen LogP contribution in [-0.2, 0) is 0 Å². The minimum atomic E-state index is -0.0362. The van der Waals surface area contributed by atoms with Gasteiger partial charge in [-0.05, 0) is 25.7 Å². The normalized spacial score (nSPS) is 15.0. The van der Waals surface area contributed by atoms with Gasteiger partial charge in [-0.25, -0.2) is 0 Å². The van der Waals surface area contributed by atoms with Crippen molar-refractivity contribution in [3.05, 3.63) is 28.7 Å². The maximum absolute atomic E-state index is 10.9. The number of H-pyrrole nitrogens is 1. The number of aliphatic imine (C=N–C) groups is 1. The highest BCUT2D eigenvalue weighted by Gasteiger charge is 2.15. The summed E-state index contributed by atoms with van der Waals surface area (Å²) < 4.78 is 0. The second kappa shape index (κ2) is 12.1. The fourth-order valence-electron chi connectivity index (χ4n) is 1.92. The van der Waals surface area contributed by atoms with Crippen molar-refractivity contribution < 1.29 is 0 Å². The van der Waals surface area contributed by atoms with Crippen molar-refractivity contribution in [1.29, 1.82) is 0 Å². The Kier molecular flexibility index (Phi) is 11.2. The van der Waals surface area contributed by atoms with E-state index in [4.69, 9.17) is 0 Å². The summed E-state index contributed by atoms with van der Waals surface area (Å²) in [5, 5.41) is 0. The Labute approximate surface area is 128 Å². The second-order valence-electron chi connectivity index (χ2n) is 4.35. The van der Waals surface area contributed by atoms with Crippen LogP contribution in [0, 0.1) is 0 Å². The number of hydrogen-bond donors (Lipinski definition) is 1. The second-order valence-corrected chi connectivity index (χ2v) is 4.35. The van der Waals surface area contributed by atoms with Crippen LogP contribution in [0.2, 0.25) is 0 Å². The van der Waals surface area contributed by atoms with E-state index in [1.54, 1.807) is 25.5 Å². The molecule has 1 aliphatic heterocycles. The van der Waals surface area contributed by atoms with Crippen LogP contribution < -0.4 is 10.5 Å². The smallest absolute Gasteiger partial charge is 0.248 e. The van der Waals surface area contributed by atoms with Gasteiger partial charge in [0.2, 0.25) is 5.56 Å². The molecule has 0 radical (unpaired) electrons. The molecular weight excluding hydrogens is 264 g/mol. The fraction of sp³-hybridized carbons (Fsp3) is 0.625. The van der Waals surface area contributed by atoms with Crippen LogP contribution in [0.25, 0.3) is 0 Å². The van der Waals surface area contributed by atoms with Gasteiger partial charge >= 0.3 is 0 Å². The van der Waals surface area contributed by atoms with E-state index in [2.05, 4.69) is 26.7 Å². The van der Waals surface area contributed by atoms with Gasteiger partial charge in [0.15, 0.2) is 0 Å². The molecule has 5 nitrogen and oxygen atoms in total. The van der Waals surface area contributed by atoms with Crippen molar-refractivity contribution in [2.24, 2.45) is 4.99 Å². The molecule has 1 saturated heterocycles. The van der Waals surface area contributed by atoms with E-state index < -0.39 is 0 Å². The van der Waals surface area contributed by atoms with E-state index in [-0.39, 0.29) is 5.56 Å². The molecule has 0 unspecified atom stereocenters. The third-order valence-electron chi connectivity index (χ3n) is 3.21. The molecule has 2 rings (SSSR count). The van der Waals surface area contributed by atoms with Gasteiger partial charge < -0.3 is 19.8 Å². The number of likely N-dealkylation sites (N-methyl/N-ethyl adjacent to an activating group) is 1. The zero-order valence-electron chi connectivity index (χ0n) is 14.1. The van der Waals surface area contributed by atoms with E-state index in [0.29, 0.717) is 0 Å². The maximum Gasteiger partial charge on any atom is 0.248 e. The van der Waals surface area contributed by atoms with Crippen molar-refractivity contribution in [3.63, 3.8) is 0 Å². The Balaban J connectivity index is 0.000000579. The largest absolute Gasteiger partial charge is 0.368 e. The number of anilines is 1. The molecule has 0 spiro atoms. The number of nitrogens with zero attached hydrogens (tertiary/aromatic N) is 3. The molecule has 0 saturated carbocycles. The minimum absolute atomic E-state index is 0.0362. The Hall–Kier alpha value is -1.62. The predicted molar refractivity (Wildman–Crippen MR) is 92.8 cm³/mol. The number of hydrogen-bond acceptors (Lipinski definition) is 4. The van der Waals surface area contributed by atoms with Crippen LogP contribution in [0.3, 0.4) is 0 Å². The SMILES string of the molecule is CC.CC=NC.CCN1CCN(c2ccc(=O)[nH]c2)CC1. The van der Waals surface area contributed by atoms with Gasteiger partial charge in [0.25, 0.3) is 0 Å². The third-order valence-corrected chi connectivity index (χ3v) is 3.21. The van der Waals surface area contributed by atoms with Crippen molar-refractivity contribution in [3.8, 4) is 0 Å². The van der Waals surface area contributed by atoms with Gasteiger partial charge in [-0.15, -0.1) is 0 Å². The van der Waals surface area contributed by atoms with Crippen LogP contribution in [0.5, 0.6) is 0 Å². The van der Waals surface area contributed by atoms with E-state index >= 15 is 0 Å². The first-order valence-electron chi connectivity index (χ1n) is 7.74. The average Bonchev–Trinajstić information content (AvgIpc) is 2.58. The minimum Gasteiger partial charge on any atom is -0.368 e. The molecule has 120 valence electrons. The molecular formula is C16H30N4O. The standard InChI is InChI=1S/C11H17N3O.C3H7N.C2H6/c1-2-13-5-7-14(8-6-13)10-3-4-11(15)12-9-10;1-3-4-2;1-2/h3-4,9H,2,5-8H2,1H3,(H,12,15);3H,1-2H3;1-2H3. The molecule has 1 N–H and O–H groups in total. The highest BCUT2D eigenvalue weighted by molar-refractivity contribution is 5.52. The molecule has 0 amide bonds. The monoisotopic (exact) mass is 294 g/mol. The third kappa shape index (κ3) is 7.66. The summed E-state index contributed by atoms with van der Waals surface area (Å²) in [7, 11) is 1.75. The summed E-state index contributed by atoms with van der Waals surface area (Å²) in [6.07, 6.45) is 3.55. The topological polar surface area (TPSA) is 51.7 Å². The van der Waals surface area contributed by atoms with Crippen molar-refractivity contribution in [2.45, 2.75) is 27.7 Å². The summed E-state index contributed by atoms with van der Waals surface area (Å²) in [6, 6.07) is 3.47.